The number of aromatic amines is 1. The second kappa shape index (κ2) is 11.2. The first kappa shape index (κ1) is 26.5. The van der Waals surface area contributed by atoms with Crippen molar-refractivity contribution in [2.24, 2.45) is 0 Å². The highest BCUT2D eigenvalue weighted by Crippen LogP contribution is 2.39. The normalized spacial score (nSPS) is 17.2. The van der Waals surface area contributed by atoms with E-state index in [1.165, 1.54) is 12.0 Å². The Kier molecular flexibility index (Phi) is 8.02. The van der Waals surface area contributed by atoms with Gasteiger partial charge < -0.3 is 24.7 Å². The number of ether oxygens (including phenoxy) is 2. The number of H-pyrrole nitrogens is 1. The molecule has 8 nitrogen and oxygen atoms in total. The Morgan fingerprint density at radius 1 is 1.05 bits per heavy atom. The van der Waals surface area contributed by atoms with Crippen molar-refractivity contribution in [1.82, 2.24) is 15.2 Å². The van der Waals surface area contributed by atoms with Crippen LogP contribution in [0.2, 0.25) is 25.7 Å². The van der Waals surface area contributed by atoms with Gasteiger partial charge in [0.1, 0.15) is 6.04 Å². The van der Waals surface area contributed by atoms with Gasteiger partial charge in [-0.3, -0.25) is 4.79 Å². The van der Waals surface area contributed by atoms with E-state index in [4.69, 9.17) is 9.47 Å². The molecule has 3 aromatic rings. The van der Waals surface area contributed by atoms with E-state index in [1.54, 1.807) is 0 Å². The van der Waals surface area contributed by atoms with Gasteiger partial charge in [0.05, 0.1) is 26.2 Å². The van der Waals surface area contributed by atoms with Crippen LogP contribution in [0.3, 0.4) is 0 Å². The quantitative estimate of drug-likeness (QED) is 0.328. The van der Waals surface area contributed by atoms with E-state index < -0.39 is 38.1 Å². The van der Waals surface area contributed by atoms with Crippen molar-refractivity contribution in [2.45, 2.75) is 57.2 Å². The molecule has 0 radical (unpaired) electrons. The highest BCUT2D eigenvalue weighted by Gasteiger charge is 2.44. The second-order valence-corrected chi connectivity index (χ2v) is 16.2. The summed E-state index contributed by atoms with van der Waals surface area (Å²) in [6.45, 7) is 7.26. The minimum atomic E-state index is -1.42. The average Bonchev–Trinajstić information content (AvgIpc) is 3.25. The van der Waals surface area contributed by atoms with Crippen LogP contribution in [0.4, 0.5) is 4.79 Å². The minimum absolute atomic E-state index is 0.0895. The van der Waals surface area contributed by atoms with E-state index in [2.05, 4.69) is 29.9 Å². The maximum atomic E-state index is 13.7. The molecule has 2 aromatic carbocycles. The highest BCUT2D eigenvalue weighted by molar-refractivity contribution is 6.76. The number of esters is 2. The fourth-order valence-electron chi connectivity index (χ4n) is 4.71. The van der Waals surface area contributed by atoms with Crippen LogP contribution in [-0.4, -0.2) is 55.7 Å². The smallest absolute Gasteiger partial charge is 0.329 e. The van der Waals surface area contributed by atoms with Gasteiger partial charge in [-0.2, -0.15) is 0 Å². The number of rotatable bonds is 8. The number of hydrogen-bond acceptors (Lipinski definition) is 5. The number of aromatic nitrogens is 1. The molecule has 0 bridgehead atoms. The predicted molar refractivity (Wildman–Crippen MR) is 145 cm³/mol. The second-order valence-electron chi connectivity index (χ2n) is 10.6. The van der Waals surface area contributed by atoms with Crippen LogP contribution >= 0.6 is 0 Å². The van der Waals surface area contributed by atoms with E-state index in [9.17, 15) is 14.4 Å². The van der Waals surface area contributed by atoms with Crippen LogP contribution in [0.1, 0.15) is 29.3 Å². The van der Waals surface area contributed by atoms with Crippen LogP contribution in [0.15, 0.2) is 54.6 Å². The van der Waals surface area contributed by atoms with Crippen molar-refractivity contribution in [2.75, 3.05) is 13.7 Å². The van der Waals surface area contributed by atoms with E-state index in [0.717, 1.165) is 33.8 Å². The summed E-state index contributed by atoms with van der Waals surface area (Å²) in [5.74, 6) is -0.929. The summed E-state index contributed by atoms with van der Waals surface area (Å²) in [5, 5.41) is 3.91. The van der Waals surface area contributed by atoms with E-state index in [-0.39, 0.29) is 13.0 Å². The Morgan fingerprint density at radius 3 is 2.46 bits per heavy atom. The van der Waals surface area contributed by atoms with Gasteiger partial charge in [-0.15, -0.1) is 0 Å². The van der Waals surface area contributed by atoms with Gasteiger partial charge in [0.25, 0.3) is 0 Å². The lowest BCUT2D eigenvalue weighted by Gasteiger charge is -2.40. The topological polar surface area (TPSA) is 101 Å². The number of carbonyl (C=O) groups is 3. The van der Waals surface area contributed by atoms with Gasteiger partial charge in [0.15, 0.2) is 0 Å². The lowest BCUT2D eigenvalue weighted by atomic mass is 9.90. The number of amides is 2. The number of hydrogen-bond donors (Lipinski definition) is 2. The van der Waals surface area contributed by atoms with Crippen LogP contribution < -0.4 is 5.32 Å². The Bertz CT molecular complexity index is 1270. The molecule has 0 aliphatic carbocycles. The first-order valence-corrected chi connectivity index (χ1v) is 16.3. The Morgan fingerprint density at radius 2 is 1.76 bits per heavy atom. The number of benzene rings is 2. The van der Waals surface area contributed by atoms with E-state index in [0.29, 0.717) is 13.0 Å². The van der Waals surface area contributed by atoms with Gasteiger partial charge in [-0.1, -0.05) is 68.2 Å². The maximum absolute atomic E-state index is 13.7. The Hall–Kier alpha value is -3.59. The van der Waals surface area contributed by atoms with Crippen molar-refractivity contribution < 1.29 is 23.9 Å². The summed E-state index contributed by atoms with van der Waals surface area (Å²) in [6, 6.07) is 16.1. The van der Waals surface area contributed by atoms with Crippen LogP contribution in [-0.2, 0) is 32.0 Å². The molecule has 196 valence electrons. The molecule has 0 saturated carbocycles. The molecule has 0 saturated heterocycles. The van der Waals surface area contributed by atoms with Gasteiger partial charge in [0.2, 0.25) is 0 Å². The third kappa shape index (κ3) is 6.22. The van der Waals surface area contributed by atoms with Crippen LogP contribution in [0.25, 0.3) is 10.9 Å². The highest BCUT2D eigenvalue weighted by atomic mass is 28.3. The minimum Gasteiger partial charge on any atom is -0.469 e. The summed E-state index contributed by atoms with van der Waals surface area (Å²) in [7, 11) is -0.104. The number of fused-ring (bicyclic) bond motifs is 3. The zero-order chi connectivity index (χ0) is 26.6. The molecule has 37 heavy (non-hydrogen) atoms. The molecule has 2 atom stereocenters. The third-order valence-electron chi connectivity index (χ3n) is 6.73. The first-order valence-electron chi connectivity index (χ1n) is 12.6. The summed E-state index contributed by atoms with van der Waals surface area (Å²) < 4.78 is 10.7. The van der Waals surface area contributed by atoms with Crippen molar-refractivity contribution in [1.29, 1.82) is 0 Å². The lowest BCUT2D eigenvalue weighted by molar-refractivity contribution is -0.151. The van der Waals surface area contributed by atoms with Crippen LogP contribution in [0, 0.1) is 0 Å². The Labute approximate surface area is 218 Å². The summed E-state index contributed by atoms with van der Waals surface area (Å²) >= 11 is 0. The number of para-hydroxylation sites is 1. The van der Waals surface area contributed by atoms with Crippen molar-refractivity contribution >= 4 is 36.9 Å². The number of carbonyl (C=O) groups excluding carboxylic acids is 3. The van der Waals surface area contributed by atoms with Gasteiger partial charge in [0, 0.05) is 37.6 Å². The fourth-order valence-corrected chi connectivity index (χ4v) is 5.43. The number of nitrogens with one attached hydrogen (secondary N) is 2. The number of methoxy groups -OCH3 is 1. The van der Waals surface area contributed by atoms with Crippen molar-refractivity contribution in [3.8, 4) is 0 Å². The van der Waals surface area contributed by atoms with E-state index >= 15 is 0 Å². The third-order valence-corrected chi connectivity index (χ3v) is 8.43. The maximum Gasteiger partial charge on any atom is 0.329 e. The molecule has 1 aliphatic heterocycles. The zero-order valence-electron chi connectivity index (χ0n) is 21.9. The fraction of sp³-hybridized carbons (Fsp3) is 0.393. The molecule has 0 unspecified atom stereocenters. The standard InChI is InChI=1S/C28H35N3O5Si/c1-35-25(32)17-23-26-21(20-12-8-9-13-22(20)30-26)16-24(27(33)36-14-15-37(2,3)4)31(23)28(34)29-18-19-10-6-5-7-11-19/h5-13,23-24,30H,14-18H2,1-4H3,(H,29,34)/t23-,24-/m0/s1. The molecule has 2 amide bonds. The van der Waals surface area contributed by atoms with Crippen LogP contribution in [0.5, 0.6) is 0 Å². The molecule has 1 aromatic heterocycles. The molecule has 0 spiro atoms. The molecule has 1 aliphatic rings. The van der Waals surface area contributed by atoms with Crippen molar-refractivity contribution in [3.05, 3.63) is 71.4 Å². The lowest BCUT2D eigenvalue weighted by Crippen LogP contribution is -2.55. The van der Waals surface area contributed by atoms with Gasteiger partial charge in [-0.05, 0) is 23.2 Å². The SMILES string of the molecule is COC(=O)C[C@H]1c2[nH]c3ccccc3c2C[C@@H](C(=O)OCC[Si](C)(C)C)N1C(=O)NCc1ccccc1. The molecular formula is C28H35N3O5Si. The molecule has 2 N–H and O–H groups in total. The number of nitrogens with zero attached hydrogens (tertiary/aromatic N) is 1. The monoisotopic (exact) mass is 521 g/mol. The summed E-state index contributed by atoms with van der Waals surface area (Å²) in [6.07, 6.45) is 0.204. The first-order chi connectivity index (χ1) is 17.7. The molecule has 0 fully saturated rings. The molecule has 2 heterocycles. The van der Waals surface area contributed by atoms with Gasteiger partial charge >= 0.3 is 18.0 Å². The Balaban J connectivity index is 1.70. The van der Waals surface area contributed by atoms with Crippen molar-refractivity contribution in [3.63, 3.8) is 0 Å². The van der Waals surface area contributed by atoms with E-state index in [1.807, 2.05) is 54.6 Å². The zero-order valence-corrected chi connectivity index (χ0v) is 22.9. The summed E-state index contributed by atoms with van der Waals surface area (Å²) in [4.78, 5) is 44.5. The average molecular weight is 522 g/mol. The predicted octanol–water partition coefficient (Wildman–Crippen LogP) is 4.79. The molecule has 4 rings (SSSR count). The van der Waals surface area contributed by atoms with Gasteiger partial charge in [-0.25, -0.2) is 9.59 Å². The number of urea groups is 1. The summed E-state index contributed by atoms with van der Waals surface area (Å²) in [5.41, 5.74) is 3.48. The molecular weight excluding hydrogens is 486 g/mol. The largest absolute Gasteiger partial charge is 0.469 e. The molecule has 9 heteroatoms.